The van der Waals surface area contributed by atoms with Crippen molar-refractivity contribution in [3.8, 4) is 0 Å². The standard InChI is InChI=1S/C11H14O5/c1-3-6-8(10(13)14)5(2)4-7(12)9(6)11(15)16/h4,6,9,12H,3H2,1-2H3,(H,13,14)(H,15,16). The van der Waals surface area contributed by atoms with E-state index in [0.29, 0.717) is 12.0 Å². The monoisotopic (exact) mass is 226 g/mol. The fourth-order valence-electron chi connectivity index (χ4n) is 2.12. The van der Waals surface area contributed by atoms with Gasteiger partial charge in [-0.05, 0) is 25.0 Å². The Morgan fingerprint density at radius 1 is 1.38 bits per heavy atom. The van der Waals surface area contributed by atoms with Crippen molar-refractivity contribution in [1.29, 1.82) is 0 Å². The van der Waals surface area contributed by atoms with Crippen LogP contribution in [0.15, 0.2) is 23.0 Å². The Labute approximate surface area is 92.7 Å². The van der Waals surface area contributed by atoms with Crippen LogP contribution in [0.2, 0.25) is 0 Å². The minimum absolute atomic E-state index is 0.0766. The van der Waals surface area contributed by atoms with Crippen LogP contribution >= 0.6 is 0 Å². The first-order valence-electron chi connectivity index (χ1n) is 4.97. The summed E-state index contributed by atoms with van der Waals surface area (Å²) in [6.45, 7) is 3.26. The van der Waals surface area contributed by atoms with E-state index < -0.39 is 23.8 Å². The fraction of sp³-hybridized carbons (Fsp3) is 0.455. The lowest BCUT2D eigenvalue weighted by Crippen LogP contribution is -2.32. The average molecular weight is 226 g/mol. The Morgan fingerprint density at radius 3 is 2.31 bits per heavy atom. The summed E-state index contributed by atoms with van der Waals surface area (Å²) in [7, 11) is 0. The zero-order valence-corrected chi connectivity index (χ0v) is 9.10. The van der Waals surface area contributed by atoms with E-state index in [-0.39, 0.29) is 11.3 Å². The first-order chi connectivity index (χ1) is 7.40. The maximum absolute atomic E-state index is 11.0. The third kappa shape index (κ3) is 1.93. The molecule has 3 N–H and O–H groups in total. The molecule has 0 amide bonds. The Kier molecular flexibility index (Phi) is 3.37. The van der Waals surface area contributed by atoms with Crippen LogP contribution < -0.4 is 0 Å². The minimum atomic E-state index is -1.20. The molecule has 88 valence electrons. The second kappa shape index (κ2) is 4.38. The molecule has 0 aromatic heterocycles. The Balaban J connectivity index is 3.29. The van der Waals surface area contributed by atoms with Crippen molar-refractivity contribution >= 4 is 11.9 Å². The lowest BCUT2D eigenvalue weighted by atomic mass is 9.76. The summed E-state index contributed by atoms with van der Waals surface area (Å²) in [4.78, 5) is 22.0. The first kappa shape index (κ1) is 12.3. The highest BCUT2D eigenvalue weighted by Crippen LogP contribution is 2.36. The number of carbonyl (C=O) groups is 2. The Morgan fingerprint density at radius 2 is 1.94 bits per heavy atom. The SMILES string of the molecule is CCC1C(C(=O)O)=C(C)C=C(O)C1C(=O)O. The summed E-state index contributed by atoms with van der Waals surface area (Å²) >= 11 is 0. The van der Waals surface area contributed by atoms with Crippen LogP contribution in [0.1, 0.15) is 20.3 Å². The maximum Gasteiger partial charge on any atom is 0.332 e. The van der Waals surface area contributed by atoms with Crippen molar-refractivity contribution in [2.24, 2.45) is 11.8 Å². The Hall–Kier alpha value is -1.78. The molecule has 0 saturated heterocycles. The number of hydrogen-bond donors (Lipinski definition) is 3. The van der Waals surface area contributed by atoms with Crippen LogP contribution in [-0.2, 0) is 9.59 Å². The predicted octanol–water partition coefficient (Wildman–Crippen LogP) is 1.57. The van der Waals surface area contributed by atoms with E-state index in [0.717, 1.165) is 0 Å². The van der Waals surface area contributed by atoms with Crippen LogP contribution in [0.25, 0.3) is 0 Å². The fourth-order valence-corrected chi connectivity index (χ4v) is 2.12. The van der Waals surface area contributed by atoms with E-state index in [1.165, 1.54) is 6.08 Å². The van der Waals surface area contributed by atoms with E-state index >= 15 is 0 Å². The van der Waals surface area contributed by atoms with Crippen molar-refractivity contribution in [2.45, 2.75) is 20.3 Å². The molecule has 0 aromatic rings. The van der Waals surface area contributed by atoms with E-state index in [2.05, 4.69) is 0 Å². The lowest BCUT2D eigenvalue weighted by Gasteiger charge is -2.27. The van der Waals surface area contributed by atoms with Crippen molar-refractivity contribution < 1.29 is 24.9 Å². The highest BCUT2D eigenvalue weighted by atomic mass is 16.4. The minimum Gasteiger partial charge on any atom is -0.511 e. The second-order valence-electron chi connectivity index (χ2n) is 3.80. The molecule has 0 saturated carbocycles. The summed E-state index contributed by atoms with van der Waals surface area (Å²) < 4.78 is 0. The van der Waals surface area contributed by atoms with E-state index in [1.807, 2.05) is 0 Å². The van der Waals surface area contributed by atoms with Crippen LogP contribution in [0.5, 0.6) is 0 Å². The Bertz CT molecular complexity index is 391. The zero-order chi connectivity index (χ0) is 12.5. The molecule has 16 heavy (non-hydrogen) atoms. The van der Waals surface area contributed by atoms with Gasteiger partial charge in [-0.3, -0.25) is 4.79 Å². The average Bonchev–Trinajstić information content (AvgIpc) is 2.14. The van der Waals surface area contributed by atoms with E-state index in [1.54, 1.807) is 13.8 Å². The highest BCUT2D eigenvalue weighted by Gasteiger charge is 2.39. The largest absolute Gasteiger partial charge is 0.511 e. The van der Waals surface area contributed by atoms with Gasteiger partial charge >= 0.3 is 11.9 Å². The van der Waals surface area contributed by atoms with E-state index in [9.17, 15) is 14.7 Å². The molecule has 1 rings (SSSR count). The van der Waals surface area contributed by atoms with Gasteiger partial charge in [0.15, 0.2) is 0 Å². The number of aliphatic hydroxyl groups is 1. The van der Waals surface area contributed by atoms with Gasteiger partial charge in [-0.1, -0.05) is 6.92 Å². The van der Waals surface area contributed by atoms with Gasteiger partial charge < -0.3 is 15.3 Å². The van der Waals surface area contributed by atoms with Crippen molar-refractivity contribution in [1.82, 2.24) is 0 Å². The van der Waals surface area contributed by atoms with Crippen LogP contribution in [0, 0.1) is 11.8 Å². The van der Waals surface area contributed by atoms with Crippen LogP contribution in [0.4, 0.5) is 0 Å². The smallest absolute Gasteiger partial charge is 0.332 e. The quantitative estimate of drug-likeness (QED) is 0.679. The summed E-state index contributed by atoms with van der Waals surface area (Å²) in [6, 6.07) is 0. The summed E-state index contributed by atoms with van der Waals surface area (Å²) in [5.41, 5.74) is 0.488. The van der Waals surface area contributed by atoms with Gasteiger partial charge in [-0.25, -0.2) is 4.79 Å². The normalized spacial score (nSPS) is 25.2. The number of aliphatic hydroxyl groups excluding tert-OH is 1. The molecule has 2 atom stereocenters. The highest BCUT2D eigenvalue weighted by molar-refractivity contribution is 5.91. The van der Waals surface area contributed by atoms with Gasteiger partial charge in [0.1, 0.15) is 11.7 Å². The van der Waals surface area contributed by atoms with Gasteiger partial charge in [0.05, 0.1) is 0 Å². The van der Waals surface area contributed by atoms with Crippen LogP contribution in [0.3, 0.4) is 0 Å². The number of rotatable bonds is 3. The molecule has 5 heteroatoms. The molecule has 0 aromatic carbocycles. The van der Waals surface area contributed by atoms with Crippen LogP contribution in [-0.4, -0.2) is 27.3 Å². The maximum atomic E-state index is 11.0. The third-order valence-electron chi connectivity index (χ3n) is 2.82. The number of aliphatic carboxylic acids is 2. The zero-order valence-electron chi connectivity index (χ0n) is 9.10. The topological polar surface area (TPSA) is 94.8 Å². The third-order valence-corrected chi connectivity index (χ3v) is 2.82. The number of hydrogen-bond acceptors (Lipinski definition) is 3. The van der Waals surface area contributed by atoms with Gasteiger partial charge in [0.2, 0.25) is 0 Å². The molecule has 0 heterocycles. The molecule has 2 unspecified atom stereocenters. The number of carboxylic acids is 2. The molecular formula is C11H14O5. The summed E-state index contributed by atoms with van der Waals surface area (Å²) in [5, 5.41) is 27.6. The molecule has 5 nitrogen and oxygen atoms in total. The molecular weight excluding hydrogens is 212 g/mol. The molecule has 0 fully saturated rings. The van der Waals surface area contributed by atoms with Gasteiger partial charge in [-0.15, -0.1) is 0 Å². The summed E-state index contributed by atoms with van der Waals surface area (Å²) in [5.74, 6) is -4.44. The molecule has 1 aliphatic carbocycles. The molecule has 0 radical (unpaired) electrons. The van der Waals surface area contributed by atoms with Gasteiger partial charge in [0, 0.05) is 11.5 Å². The van der Waals surface area contributed by atoms with Gasteiger partial charge in [-0.2, -0.15) is 0 Å². The van der Waals surface area contributed by atoms with Crippen molar-refractivity contribution in [2.75, 3.05) is 0 Å². The van der Waals surface area contributed by atoms with Gasteiger partial charge in [0.25, 0.3) is 0 Å². The number of allylic oxidation sites excluding steroid dienone is 2. The first-order valence-corrected chi connectivity index (χ1v) is 4.97. The molecule has 0 spiro atoms. The number of carboxylic acid groups (broad SMARTS) is 2. The molecule has 1 aliphatic rings. The molecule has 0 aliphatic heterocycles. The summed E-state index contributed by atoms with van der Waals surface area (Å²) in [6.07, 6.45) is 1.57. The van der Waals surface area contributed by atoms with Crippen molar-refractivity contribution in [3.05, 3.63) is 23.0 Å². The van der Waals surface area contributed by atoms with Crippen molar-refractivity contribution in [3.63, 3.8) is 0 Å². The lowest BCUT2D eigenvalue weighted by molar-refractivity contribution is -0.143. The second-order valence-corrected chi connectivity index (χ2v) is 3.80. The predicted molar refractivity (Wildman–Crippen MR) is 56.0 cm³/mol. The van der Waals surface area contributed by atoms with E-state index in [4.69, 9.17) is 10.2 Å². The molecule has 0 bridgehead atoms.